The summed E-state index contributed by atoms with van der Waals surface area (Å²) in [5.41, 5.74) is -0.121. The van der Waals surface area contributed by atoms with Crippen molar-refractivity contribution in [3.63, 3.8) is 0 Å². The van der Waals surface area contributed by atoms with Crippen molar-refractivity contribution in [2.75, 3.05) is 14.2 Å². The second-order valence-corrected chi connectivity index (χ2v) is 6.21. The first-order valence-electron chi connectivity index (χ1n) is 6.50. The number of hydrogen-bond donors (Lipinski definition) is 0. The molecular formula is C15H11ClN2O4S. The van der Waals surface area contributed by atoms with Crippen LogP contribution in [0, 0.1) is 0 Å². The lowest BCUT2D eigenvalue weighted by Gasteiger charge is -2.09. The Balaban J connectivity index is 2.31. The summed E-state index contributed by atoms with van der Waals surface area (Å²) in [6.07, 6.45) is 0. The highest BCUT2D eigenvalue weighted by Gasteiger charge is 2.20. The highest BCUT2D eigenvalue weighted by molar-refractivity contribution is 7.22. The molecule has 3 aromatic rings. The Morgan fingerprint density at radius 2 is 1.96 bits per heavy atom. The first kappa shape index (κ1) is 15.5. The van der Waals surface area contributed by atoms with E-state index in [9.17, 15) is 9.59 Å². The van der Waals surface area contributed by atoms with Crippen LogP contribution in [0.5, 0.6) is 5.75 Å². The quantitative estimate of drug-likeness (QED) is 0.679. The van der Waals surface area contributed by atoms with Gasteiger partial charge in [-0.3, -0.25) is 4.79 Å². The summed E-state index contributed by atoms with van der Waals surface area (Å²) in [4.78, 5) is 24.8. The molecule has 0 spiro atoms. The number of rotatable bonds is 3. The maximum absolute atomic E-state index is 12.4. The summed E-state index contributed by atoms with van der Waals surface area (Å²) < 4.78 is 11.7. The zero-order valence-electron chi connectivity index (χ0n) is 12.2. The zero-order chi connectivity index (χ0) is 16.6. The molecule has 2 aromatic heterocycles. The van der Waals surface area contributed by atoms with E-state index in [1.54, 1.807) is 31.4 Å². The van der Waals surface area contributed by atoms with Gasteiger partial charge in [-0.25, -0.2) is 9.48 Å². The minimum Gasteiger partial charge on any atom is -0.497 e. The van der Waals surface area contributed by atoms with Crippen molar-refractivity contribution >= 4 is 39.1 Å². The van der Waals surface area contributed by atoms with Crippen LogP contribution in [-0.2, 0) is 4.74 Å². The first-order valence-corrected chi connectivity index (χ1v) is 7.69. The van der Waals surface area contributed by atoms with E-state index < -0.39 is 11.4 Å². The average Bonchev–Trinajstić information content (AvgIpc) is 2.97. The van der Waals surface area contributed by atoms with Gasteiger partial charge in [0.2, 0.25) is 11.1 Å². The van der Waals surface area contributed by atoms with E-state index in [4.69, 9.17) is 16.3 Å². The molecule has 23 heavy (non-hydrogen) atoms. The maximum Gasteiger partial charge on any atom is 0.362 e. The van der Waals surface area contributed by atoms with E-state index in [1.165, 1.54) is 29.2 Å². The predicted molar refractivity (Wildman–Crippen MR) is 88.1 cm³/mol. The molecule has 118 valence electrons. The Morgan fingerprint density at radius 1 is 1.26 bits per heavy atom. The lowest BCUT2D eigenvalue weighted by molar-refractivity contribution is 0.0590. The normalized spacial score (nSPS) is 10.7. The van der Waals surface area contributed by atoms with Gasteiger partial charge in [0.15, 0.2) is 0 Å². The molecule has 0 saturated heterocycles. The fourth-order valence-corrected chi connectivity index (χ4v) is 3.30. The molecule has 1 aromatic carbocycles. The number of ether oxygens (including phenoxy) is 2. The minimum absolute atomic E-state index is 0.287. The lowest BCUT2D eigenvalue weighted by Crippen LogP contribution is -2.22. The summed E-state index contributed by atoms with van der Waals surface area (Å²) in [6.45, 7) is 0. The molecule has 0 aliphatic rings. The number of carbonyl (C=O) groups is 1. The number of methoxy groups -OCH3 is 2. The van der Waals surface area contributed by atoms with Gasteiger partial charge in [-0.15, -0.1) is 11.3 Å². The average molecular weight is 351 g/mol. The molecular weight excluding hydrogens is 340 g/mol. The number of halogens is 1. The molecule has 0 fully saturated rings. The molecule has 0 radical (unpaired) electrons. The van der Waals surface area contributed by atoms with Crippen LogP contribution in [0.15, 0.2) is 35.1 Å². The molecule has 0 amide bonds. The standard InChI is InChI=1S/C15H11ClN2O4S/c1-21-9-5-3-8(4-6-9)18-14-10(7-11(16)23-14)13(19)12(17-18)15(20)22-2/h3-7H,1-2H3. The predicted octanol–water partition coefficient (Wildman–Crippen LogP) is 2.90. The van der Waals surface area contributed by atoms with Crippen LogP contribution >= 0.6 is 22.9 Å². The van der Waals surface area contributed by atoms with Crippen LogP contribution in [0.2, 0.25) is 4.34 Å². The monoisotopic (exact) mass is 350 g/mol. The molecule has 0 aliphatic carbocycles. The Kier molecular flexibility index (Phi) is 4.06. The Hall–Kier alpha value is -2.38. The van der Waals surface area contributed by atoms with E-state index >= 15 is 0 Å². The van der Waals surface area contributed by atoms with Crippen molar-refractivity contribution in [2.45, 2.75) is 0 Å². The van der Waals surface area contributed by atoms with Crippen molar-refractivity contribution in [3.8, 4) is 11.4 Å². The second kappa shape index (κ2) is 6.02. The Labute approximate surface area is 139 Å². The Bertz CT molecular complexity index is 947. The van der Waals surface area contributed by atoms with E-state index in [0.717, 1.165) is 0 Å². The molecule has 0 saturated carbocycles. The summed E-state index contributed by atoms with van der Waals surface area (Å²) in [5.74, 6) is -0.107. The van der Waals surface area contributed by atoms with Gasteiger partial charge < -0.3 is 9.47 Å². The Morgan fingerprint density at radius 3 is 2.57 bits per heavy atom. The minimum atomic E-state index is -0.790. The highest BCUT2D eigenvalue weighted by Crippen LogP contribution is 2.29. The van der Waals surface area contributed by atoms with Gasteiger partial charge in [0.05, 0.1) is 29.6 Å². The molecule has 0 aliphatic heterocycles. The van der Waals surface area contributed by atoms with Gasteiger partial charge in [-0.05, 0) is 30.3 Å². The summed E-state index contributed by atoms with van der Waals surface area (Å²) in [5, 5.41) is 4.48. The van der Waals surface area contributed by atoms with E-state index in [2.05, 4.69) is 9.84 Å². The van der Waals surface area contributed by atoms with Crippen molar-refractivity contribution in [3.05, 3.63) is 50.6 Å². The third kappa shape index (κ3) is 2.69. The molecule has 0 atom stereocenters. The topological polar surface area (TPSA) is 70.4 Å². The molecule has 0 unspecified atom stereocenters. The number of aromatic nitrogens is 2. The van der Waals surface area contributed by atoms with Gasteiger partial charge in [0, 0.05) is 0 Å². The van der Waals surface area contributed by atoms with Crippen LogP contribution in [-0.4, -0.2) is 30.0 Å². The second-order valence-electron chi connectivity index (χ2n) is 4.55. The van der Waals surface area contributed by atoms with Crippen LogP contribution < -0.4 is 10.2 Å². The van der Waals surface area contributed by atoms with Crippen LogP contribution in [0.25, 0.3) is 15.9 Å². The number of hydrogen-bond acceptors (Lipinski definition) is 6. The van der Waals surface area contributed by atoms with E-state index in [1.807, 2.05) is 0 Å². The van der Waals surface area contributed by atoms with Crippen LogP contribution in [0.1, 0.15) is 10.5 Å². The SMILES string of the molecule is COC(=O)c1nn(-c2ccc(OC)cc2)c2sc(Cl)cc2c1=O. The molecule has 2 heterocycles. The summed E-state index contributed by atoms with van der Waals surface area (Å²) in [6, 6.07) is 8.58. The van der Waals surface area contributed by atoms with Gasteiger partial charge in [0.1, 0.15) is 10.6 Å². The largest absolute Gasteiger partial charge is 0.497 e. The number of thiophene rings is 1. The molecule has 8 heteroatoms. The molecule has 6 nitrogen and oxygen atoms in total. The molecule has 0 bridgehead atoms. The van der Waals surface area contributed by atoms with E-state index in [0.29, 0.717) is 26.0 Å². The number of nitrogens with zero attached hydrogens (tertiary/aromatic N) is 2. The number of esters is 1. The molecule has 0 N–H and O–H groups in total. The van der Waals surface area contributed by atoms with Gasteiger partial charge in [-0.2, -0.15) is 5.10 Å². The molecule has 3 rings (SSSR count). The van der Waals surface area contributed by atoms with E-state index in [-0.39, 0.29) is 5.69 Å². The fraction of sp³-hybridized carbons (Fsp3) is 0.133. The van der Waals surface area contributed by atoms with Crippen LogP contribution in [0.3, 0.4) is 0 Å². The number of fused-ring (bicyclic) bond motifs is 1. The summed E-state index contributed by atoms with van der Waals surface area (Å²) >= 11 is 7.24. The van der Waals surface area contributed by atoms with Gasteiger partial charge in [0.25, 0.3) is 0 Å². The van der Waals surface area contributed by atoms with Gasteiger partial charge >= 0.3 is 5.97 Å². The van der Waals surface area contributed by atoms with Crippen molar-refractivity contribution in [1.82, 2.24) is 9.78 Å². The summed E-state index contributed by atoms with van der Waals surface area (Å²) in [7, 11) is 2.77. The maximum atomic E-state index is 12.4. The van der Waals surface area contributed by atoms with Crippen LogP contribution in [0.4, 0.5) is 0 Å². The first-order chi connectivity index (χ1) is 11.0. The van der Waals surface area contributed by atoms with Crippen molar-refractivity contribution in [2.24, 2.45) is 0 Å². The zero-order valence-corrected chi connectivity index (χ0v) is 13.8. The van der Waals surface area contributed by atoms with Crippen molar-refractivity contribution in [1.29, 1.82) is 0 Å². The third-order valence-corrected chi connectivity index (χ3v) is 4.47. The number of benzene rings is 1. The smallest absolute Gasteiger partial charge is 0.362 e. The third-order valence-electron chi connectivity index (χ3n) is 3.23. The van der Waals surface area contributed by atoms with Gasteiger partial charge in [-0.1, -0.05) is 11.6 Å². The number of carbonyl (C=O) groups excluding carboxylic acids is 1. The fourth-order valence-electron chi connectivity index (χ4n) is 2.12. The highest BCUT2D eigenvalue weighted by atomic mass is 35.5. The lowest BCUT2D eigenvalue weighted by atomic mass is 10.2. The van der Waals surface area contributed by atoms with Crippen molar-refractivity contribution < 1.29 is 14.3 Å².